The molecule has 0 N–H and O–H groups in total. The quantitative estimate of drug-likeness (QED) is 0.660. The van der Waals surface area contributed by atoms with E-state index in [1.165, 1.54) is 19.0 Å². The van der Waals surface area contributed by atoms with Gasteiger partial charge in [-0.25, -0.2) is 0 Å². The maximum atomic E-state index is 10.9. The first-order valence-corrected chi connectivity index (χ1v) is 4.58. The molecular formula is C10H12NO2+. The van der Waals surface area contributed by atoms with Crippen LogP contribution >= 0.6 is 0 Å². The molecule has 68 valence electrons. The van der Waals surface area contributed by atoms with Gasteiger partial charge in [0, 0.05) is 6.07 Å². The Kier molecular flexibility index (Phi) is 2.25. The highest BCUT2D eigenvalue weighted by atomic mass is 16.6. The molecule has 1 aromatic rings. The summed E-state index contributed by atoms with van der Waals surface area (Å²) in [4.78, 5) is 10.9. The highest BCUT2D eigenvalue weighted by molar-refractivity contribution is 5.61. The van der Waals surface area contributed by atoms with Crippen molar-refractivity contribution in [2.24, 2.45) is 0 Å². The van der Waals surface area contributed by atoms with Crippen LogP contribution in [0, 0.1) is 4.91 Å². The molecule has 1 aliphatic carbocycles. The van der Waals surface area contributed by atoms with Crippen molar-refractivity contribution in [1.82, 2.24) is 0 Å². The molecule has 0 aliphatic heterocycles. The van der Waals surface area contributed by atoms with Crippen LogP contribution in [-0.2, 0) is 0 Å². The van der Waals surface area contributed by atoms with Crippen molar-refractivity contribution in [2.45, 2.75) is 25.7 Å². The highest BCUT2D eigenvalue weighted by Crippen LogP contribution is 2.25. The monoisotopic (exact) mass is 178 g/mol. The molecule has 1 aromatic heterocycles. The van der Waals surface area contributed by atoms with Crippen LogP contribution in [0.1, 0.15) is 31.4 Å². The normalized spacial score (nSPS) is 16.8. The van der Waals surface area contributed by atoms with Gasteiger partial charge in [0.05, 0.1) is 4.91 Å². The summed E-state index contributed by atoms with van der Waals surface area (Å²) in [7, 11) is 0. The van der Waals surface area contributed by atoms with Crippen LogP contribution in [0.2, 0.25) is 0 Å². The predicted octanol–water partition coefficient (Wildman–Crippen LogP) is 2.15. The lowest BCUT2D eigenvalue weighted by Gasteiger charge is -2.08. The Hall–Kier alpha value is -1.38. The first-order valence-electron chi connectivity index (χ1n) is 4.58. The molecule has 3 heteroatoms. The van der Waals surface area contributed by atoms with Gasteiger partial charge >= 0.3 is 0 Å². The van der Waals surface area contributed by atoms with E-state index < -0.39 is 0 Å². The van der Waals surface area contributed by atoms with Gasteiger partial charge in [0.1, 0.15) is 0 Å². The van der Waals surface area contributed by atoms with E-state index in [1.54, 1.807) is 6.07 Å². The van der Waals surface area contributed by atoms with Gasteiger partial charge in [0.25, 0.3) is 10.8 Å². The second-order valence-electron chi connectivity index (χ2n) is 3.22. The highest BCUT2D eigenvalue weighted by Gasteiger charge is 2.11. The standard InChI is InChI=1S/C10H12NO2/c12-11-8-4-7-10(13-11)9-5-2-1-3-6-9/h4-5,7-8H,1-3,6H2/q+1. The van der Waals surface area contributed by atoms with Gasteiger partial charge in [-0.15, -0.1) is 0 Å². The summed E-state index contributed by atoms with van der Waals surface area (Å²) in [6, 6.07) is 3.55. The van der Waals surface area contributed by atoms with Gasteiger partial charge in [0.15, 0.2) is 0 Å². The zero-order chi connectivity index (χ0) is 9.10. The van der Waals surface area contributed by atoms with E-state index in [1.807, 2.05) is 6.07 Å². The van der Waals surface area contributed by atoms with E-state index in [4.69, 9.17) is 4.52 Å². The number of hydrogen-bond donors (Lipinski definition) is 0. The molecule has 0 amide bonds. The van der Waals surface area contributed by atoms with E-state index in [0.717, 1.165) is 18.4 Å². The largest absolute Gasteiger partial charge is 0.282 e. The Morgan fingerprint density at radius 3 is 3.00 bits per heavy atom. The van der Waals surface area contributed by atoms with E-state index in [9.17, 15) is 4.91 Å². The van der Waals surface area contributed by atoms with Crippen LogP contribution in [0.3, 0.4) is 0 Å². The lowest BCUT2D eigenvalue weighted by atomic mass is 9.98. The van der Waals surface area contributed by atoms with Crippen LogP contribution in [0.5, 0.6) is 0 Å². The fourth-order valence-corrected chi connectivity index (χ4v) is 1.59. The van der Waals surface area contributed by atoms with Gasteiger partial charge in [-0.1, -0.05) is 6.08 Å². The van der Waals surface area contributed by atoms with Crippen molar-refractivity contribution < 1.29 is 9.12 Å². The lowest BCUT2D eigenvalue weighted by Crippen LogP contribution is -2.12. The molecule has 0 bridgehead atoms. The van der Waals surface area contributed by atoms with Crippen molar-refractivity contribution >= 4 is 5.57 Å². The molecule has 0 radical (unpaired) electrons. The van der Waals surface area contributed by atoms with Gasteiger partial charge in [-0.3, -0.25) is 0 Å². The minimum atomic E-state index is 0.491. The first kappa shape index (κ1) is 8.23. The van der Waals surface area contributed by atoms with Crippen molar-refractivity contribution in [1.29, 1.82) is 0 Å². The fourth-order valence-electron chi connectivity index (χ4n) is 1.59. The summed E-state index contributed by atoms with van der Waals surface area (Å²) >= 11 is 0. The second-order valence-corrected chi connectivity index (χ2v) is 3.22. The lowest BCUT2D eigenvalue weighted by molar-refractivity contribution is -0.708. The molecule has 2 rings (SSSR count). The molecule has 1 heterocycles. The summed E-state index contributed by atoms with van der Waals surface area (Å²) in [5.74, 6) is 0.706. The Labute approximate surface area is 76.3 Å². The predicted molar refractivity (Wildman–Crippen MR) is 48.5 cm³/mol. The summed E-state index contributed by atoms with van der Waals surface area (Å²) in [6.45, 7) is 0. The smallest absolute Gasteiger partial charge is 0.186 e. The average Bonchev–Trinajstić information content (AvgIpc) is 2.19. The Balaban J connectivity index is 2.34. The number of aromatic nitrogens is 1. The maximum absolute atomic E-state index is 10.9. The number of allylic oxidation sites excluding steroid dienone is 2. The molecule has 3 nitrogen and oxygen atoms in total. The minimum Gasteiger partial charge on any atom is -0.186 e. The van der Waals surface area contributed by atoms with Crippen molar-refractivity contribution in [3.05, 3.63) is 35.1 Å². The van der Waals surface area contributed by atoms with Crippen molar-refractivity contribution in [2.75, 3.05) is 0 Å². The molecule has 0 spiro atoms. The Morgan fingerprint density at radius 1 is 1.38 bits per heavy atom. The summed E-state index contributed by atoms with van der Waals surface area (Å²) in [6.07, 6.45) is 8.06. The van der Waals surface area contributed by atoms with Gasteiger partial charge < -0.3 is 0 Å². The second kappa shape index (κ2) is 3.56. The van der Waals surface area contributed by atoms with E-state index >= 15 is 0 Å². The topological polar surface area (TPSA) is 36.1 Å². The van der Waals surface area contributed by atoms with Gasteiger partial charge in [-0.05, 0) is 37.3 Å². The summed E-state index contributed by atoms with van der Waals surface area (Å²) < 4.78 is 5.50. The molecule has 0 fully saturated rings. The van der Waals surface area contributed by atoms with Gasteiger partial charge in [0.2, 0.25) is 5.76 Å². The SMILES string of the molecule is O=[n+]1cccc(C2=CCCCC2)o1. The molecular weight excluding hydrogens is 166 g/mol. The Bertz CT molecular complexity index is 379. The van der Waals surface area contributed by atoms with E-state index in [-0.39, 0.29) is 0 Å². The van der Waals surface area contributed by atoms with Crippen LogP contribution < -0.4 is 4.60 Å². The minimum absolute atomic E-state index is 0.491. The fraction of sp³-hybridized carbons (Fsp3) is 0.400. The number of nitrogens with zero attached hydrogens (tertiary/aromatic N) is 1. The van der Waals surface area contributed by atoms with E-state index in [0.29, 0.717) is 10.4 Å². The number of rotatable bonds is 1. The van der Waals surface area contributed by atoms with Crippen LogP contribution in [0.4, 0.5) is 0 Å². The zero-order valence-electron chi connectivity index (χ0n) is 7.40. The molecule has 0 aromatic carbocycles. The van der Waals surface area contributed by atoms with E-state index in [2.05, 4.69) is 6.08 Å². The molecule has 0 saturated heterocycles. The molecule has 0 saturated carbocycles. The molecule has 1 aliphatic rings. The molecule has 0 unspecified atom stereocenters. The van der Waals surface area contributed by atoms with Gasteiger partial charge in [-0.2, -0.15) is 4.52 Å². The zero-order valence-corrected chi connectivity index (χ0v) is 7.40. The summed E-state index contributed by atoms with van der Waals surface area (Å²) in [5, 5.41) is 0. The van der Waals surface area contributed by atoms with Crippen LogP contribution in [0.25, 0.3) is 5.57 Å². The van der Waals surface area contributed by atoms with Crippen molar-refractivity contribution in [3.8, 4) is 0 Å². The number of hydrogen-bond acceptors (Lipinski definition) is 2. The van der Waals surface area contributed by atoms with Crippen LogP contribution in [0.15, 0.2) is 28.9 Å². The van der Waals surface area contributed by atoms with Crippen LogP contribution in [-0.4, -0.2) is 0 Å². The third-order valence-electron chi connectivity index (χ3n) is 2.25. The molecule has 13 heavy (non-hydrogen) atoms. The average molecular weight is 178 g/mol. The van der Waals surface area contributed by atoms with Crippen molar-refractivity contribution in [3.63, 3.8) is 0 Å². The third kappa shape index (κ3) is 1.86. The molecule has 0 atom stereocenters. The Morgan fingerprint density at radius 2 is 2.31 bits per heavy atom. The maximum Gasteiger partial charge on any atom is 0.282 e. The first-order chi connectivity index (χ1) is 6.36. The summed E-state index contributed by atoms with van der Waals surface area (Å²) in [5.41, 5.74) is 1.16. The third-order valence-corrected chi connectivity index (χ3v) is 2.25.